The summed E-state index contributed by atoms with van der Waals surface area (Å²) in [6.45, 7) is 0. The second-order valence-electron chi connectivity index (χ2n) is 6.29. The van der Waals surface area contributed by atoms with Crippen molar-refractivity contribution in [2.75, 3.05) is 12.4 Å². The number of esters is 1. The SMILES string of the molecule is COC(=O)c1c(-c2ccc(Br)cc2)csc1NC(=O)c1cc2ccccc2oc1=O. The number of rotatable bonds is 4. The van der Waals surface area contributed by atoms with Crippen molar-refractivity contribution in [1.29, 1.82) is 0 Å². The van der Waals surface area contributed by atoms with Gasteiger partial charge in [-0.25, -0.2) is 9.59 Å². The monoisotopic (exact) mass is 483 g/mol. The van der Waals surface area contributed by atoms with Crippen molar-refractivity contribution in [3.8, 4) is 11.1 Å². The van der Waals surface area contributed by atoms with Crippen LogP contribution in [0.3, 0.4) is 0 Å². The Bertz CT molecular complexity index is 1320. The van der Waals surface area contributed by atoms with Crippen molar-refractivity contribution in [3.63, 3.8) is 0 Å². The molecule has 2 aromatic heterocycles. The lowest BCUT2D eigenvalue weighted by molar-refractivity contribution is 0.0603. The third-order valence-electron chi connectivity index (χ3n) is 4.45. The summed E-state index contributed by atoms with van der Waals surface area (Å²) >= 11 is 4.56. The largest absolute Gasteiger partial charge is 0.465 e. The Kier molecular flexibility index (Phi) is 5.52. The highest BCUT2D eigenvalue weighted by molar-refractivity contribution is 9.10. The summed E-state index contributed by atoms with van der Waals surface area (Å²) in [4.78, 5) is 37.5. The van der Waals surface area contributed by atoms with E-state index in [1.807, 2.05) is 24.3 Å². The Morgan fingerprint density at radius 1 is 1.10 bits per heavy atom. The smallest absolute Gasteiger partial charge is 0.349 e. The normalized spacial score (nSPS) is 10.7. The van der Waals surface area contributed by atoms with Crippen LogP contribution in [0.1, 0.15) is 20.7 Å². The Morgan fingerprint density at radius 3 is 2.57 bits per heavy atom. The molecule has 1 amide bonds. The number of nitrogens with one attached hydrogen (secondary N) is 1. The highest BCUT2D eigenvalue weighted by Gasteiger charge is 2.24. The van der Waals surface area contributed by atoms with Crippen LogP contribution in [0.2, 0.25) is 0 Å². The number of para-hydroxylation sites is 1. The first-order chi connectivity index (χ1) is 14.5. The second-order valence-corrected chi connectivity index (χ2v) is 8.09. The highest BCUT2D eigenvalue weighted by atomic mass is 79.9. The number of ether oxygens (including phenoxy) is 1. The minimum Gasteiger partial charge on any atom is -0.465 e. The highest BCUT2D eigenvalue weighted by Crippen LogP contribution is 2.36. The predicted molar refractivity (Wildman–Crippen MR) is 119 cm³/mol. The quantitative estimate of drug-likeness (QED) is 0.313. The Morgan fingerprint density at radius 2 is 1.83 bits per heavy atom. The number of methoxy groups -OCH3 is 1. The minimum absolute atomic E-state index is 0.150. The molecule has 0 radical (unpaired) electrons. The average Bonchev–Trinajstić information content (AvgIpc) is 3.16. The van der Waals surface area contributed by atoms with Crippen LogP contribution in [-0.4, -0.2) is 19.0 Å². The van der Waals surface area contributed by atoms with Gasteiger partial charge in [-0.3, -0.25) is 4.79 Å². The van der Waals surface area contributed by atoms with Crippen LogP contribution in [-0.2, 0) is 4.74 Å². The maximum absolute atomic E-state index is 12.8. The lowest BCUT2D eigenvalue weighted by atomic mass is 10.0. The van der Waals surface area contributed by atoms with Gasteiger partial charge in [0.05, 0.1) is 7.11 Å². The summed E-state index contributed by atoms with van der Waals surface area (Å²) < 4.78 is 11.0. The number of hydrogen-bond acceptors (Lipinski definition) is 6. The fourth-order valence-electron chi connectivity index (χ4n) is 2.99. The summed E-state index contributed by atoms with van der Waals surface area (Å²) in [5.41, 5.74) is 1.13. The standard InChI is InChI=1S/C22H14BrNO5S/c1-28-22(27)18-16(12-6-8-14(23)9-7-12)11-30-20(18)24-19(25)15-10-13-4-2-3-5-17(13)29-21(15)26/h2-11H,1H3,(H,24,25). The number of thiophene rings is 1. The van der Waals surface area contributed by atoms with Crippen LogP contribution in [0.5, 0.6) is 0 Å². The molecule has 0 atom stereocenters. The number of anilines is 1. The first-order valence-corrected chi connectivity index (χ1v) is 10.4. The molecule has 2 aromatic carbocycles. The summed E-state index contributed by atoms with van der Waals surface area (Å²) in [7, 11) is 1.27. The lowest BCUT2D eigenvalue weighted by Crippen LogP contribution is -2.21. The van der Waals surface area contributed by atoms with Crippen LogP contribution in [0.25, 0.3) is 22.1 Å². The van der Waals surface area contributed by atoms with Gasteiger partial charge in [0.2, 0.25) is 0 Å². The van der Waals surface area contributed by atoms with Crippen LogP contribution >= 0.6 is 27.3 Å². The number of halogens is 1. The Hall–Kier alpha value is -3.23. The maximum atomic E-state index is 12.8. The van der Waals surface area contributed by atoms with E-state index in [0.717, 1.165) is 10.0 Å². The van der Waals surface area contributed by atoms with Gasteiger partial charge >= 0.3 is 11.6 Å². The minimum atomic E-state index is -0.754. The molecule has 8 heteroatoms. The van der Waals surface area contributed by atoms with Crippen LogP contribution in [0.4, 0.5) is 5.00 Å². The first kappa shape index (κ1) is 20.1. The van der Waals surface area contributed by atoms with E-state index in [1.165, 1.54) is 24.5 Å². The zero-order valence-electron chi connectivity index (χ0n) is 15.6. The molecule has 0 fully saturated rings. The van der Waals surface area contributed by atoms with E-state index in [0.29, 0.717) is 16.5 Å². The van der Waals surface area contributed by atoms with Gasteiger partial charge in [-0.15, -0.1) is 11.3 Å². The van der Waals surface area contributed by atoms with E-state index in [-0.39, 0.29) is 16.1 Å². The van der Waals surface area contributed by atoms with Gasteiger partial charge in [-0.05, 0) is 29.8 Å². The summed E-state index contributed by atoms with van der Waals surface area (Å²) in [5.74, 6) is -1.25. The fraction of sp³-hybridized carbons (Fsp3) is 0.0455. The molecular formula is C22H14BrNO5S. The van der Waals surface area contributed by atoms with Crippen molar-refractivity contribution < 1.29 is 18.7 Å². The van der Waals surface area contributed by atoms with Crippen molar-refractivity contribution in [3.05, 3.63) is 86.0 Å². The number of fused-ring (bicyclic) bond motifs is 1. The van der Waals surface area contributed by atoms with Gasteiger partial charge < -0.3 is 14.5 Å². The van der Waals surface area contributed by atoms with Crippen molar-refractivity contribution >= 4 is 55.1 Å². The molecule has 0 aliphatic rings. The summed E-state index contributed by atoms with van der Waals surface area (Å²) in [5, 5.41) is 5.33. The van der Waals surface area contributed by atoms with Crippen LogP contribution < -0.4 is 10.9 Å². The molecular weight excluding hydrogens is 470 g/mol. The number of amides is 1. The molecule has 0 unspecified atom stereocenters. The zero-order chi connectivity index (χ0) is 21.3. The molecule has 2 heterocycles. The second kappa shape index (κ2) is 8.25. The molecule has 4 aromatic rings. The molecule has 0 saturated carbocycles. The van der Waals surface area contributed by atoms with E-state index in [9.17, 15) is 14.4 Å². The fourth-order valence-corrected chi connectivity index (χ4v) is 4.20. The topological polar surface area (TPSA) is 85.6 Å². The molecule has 0 spiro atoms. The first-order valence-electron chi connectivity index (χ1n) is 8.78. The summed E-state index contributed by atoms with van der Waals surface area (Å²) in [6, 6.07) is 15.8. The molecule has 0 aliphatic carbocycles. The van der Waals surface area contributed by atoms with Gasteiger partial charge in [0.15, 0.2) is 0 Å². The van der Waals surface area contributed by atoms with E-state index in [2.05, 4.69) is 21.2 Å². The number of carbonyl (C=O) groups is 2. The van der Waals surface area contributed by atoms with E-state index >= 15 is 0 Å². The molecule has 150 valence electrons. The van der Waals surface area contributed by atoms with Gasteiger partial charge in [0.1, 0.15) is 21.7 Å². The number of hydrogen-bond donors (Lipinski definition) is 1. The molecule has 0 aliphatic heterocycles. The number of carbonyl (C=O) groups excluding carboxylic acids is 2. The lowest BCUT2D eigenvalue weighted by Gasteiger charge is -2.08. The zero-order valence-corrected chi connectivity index (χ0v) is 18.0. The predicted octanol–water partition coefficient (Wildman–Crippen LogP) is 5.32. The average molecular weight is 484 g/mol. The molecule has 30 heavy (non-hydrogen) atoms. The Balaban J connectivity index is 1.73. The molecule has 6 nitrogen and oxygen atoms in total. The van der Waals surface area contributed by atoms with Gasteiger partial charge in [0, 0.05) is 20.8 Å². The molecule has 4 rings (SSSR count). The Labute approximate surface area is 183 Å². The van der Waals surface area contributed by atoms with Crippen LogP contribution in [0, 0.1) is 0 Å². The van der Waals surface area contributed by atoms with Gasteiger partial charge in [0.25, 0.3) is 5.91 Å². The van der Waals surface area contributed by atoms with E-state index in [4.69, 9.17) is 9.15 Å². The maximum Gasteiger partial charge on any atom is 0.349 e. The molecule has 0 saturated heterocycles. The van der Waals surface area contributed by atoms with Crippen molar-refractivity contribution in [2.45, 2.75) is 0 Å². The van der Waals surface area contributed by atoms with Crippen molar-refractivity contribution in [1.82, 2.24) is 0 Å². The third-order valence-corrected chi connectivity index (χ3v) is 5.87. The van der Waals surface area contributed by atoms with Crippen molar-refractivity contribution in [2.24, 2.45) is 0 Å². The van der Waals surface area contributed by atoms with Gasteiger partial charge in [-0.1, -0.05) is 46.3 Å². The number of benzene rings is 2. The molecule has 1 N–H and O–H groups in total. The van der Waals surface area contributed by atoms with Crippen LogP contribution in [0.15, 0.2) is 73.7 Å². The summed E-state index contributed by atoms with van der Waals surface area (Å²) in [6.07, 6.45) is 0. The van der Waals surface area contributed by atoms with Gasteiger partial charge in [-0.2, -0.15) is 0 Å². The van der Waals surface area contributed by atoms with E-state index < -0.39 is 17.5 Å². The van der Waals surface area contributed by atoms with E-state index in [1.54, 1.807) is 29.6 Å². The third kappa shape index (κ3) is 3.79. The molecule has 0 bridgehead atoms.